The zero-order valence-electron chi connectivity index (χ0n) is 15.2. The number of amides is 1. The number of hydrogen-bond acceptors (Lipinski definition) is 5. The van der Waals surface area contributed by atoms with E-state index in [1.54, 1.807) is 6.20 Å². The number of aromatic nitrogens is 3. The molecule has 1 atom stereocenters. The monoisotopic (exact) mass is 387 g/mol. The lowest BCUT2D eigenvalue weighted by molar-refractivity contribution is -0.154. The van der Waals surface area contributed by atoms with Crippen LogP contribution in [0.5, 0.6) is 0 Å². The first-order valence-corrected chi connectivity index (χ1v) is 9.56. The van der Waals surface area contributed by atoms with E-state index in [4.69, 9.17) is 16.4 Å². The molecule has 0 radical (unpaired) electrons. The van der Waals surface area contributed by atoms with E-state index in [-0.39, 0.29) is 5.91 Å². The van der Waals surface area contributed by atoms with Crippen molar-refractivity contribution in [2.45, 2.75) is 38.3 Å². The predicted molar refractivity (Wildman–Crippen MR) is 101 cm³/mol. The van der Waals surface area contributed by atoms with Gasteiger partial charge in [0.2, 0.25) is 5.60 Å². The van der Waals surface area contributed by atoms with Crippen molar-refractivity contribution in [1.29, 1.82) is 0 Å². The summed E-state index contributed by atoms with van der Waals surface area (Å²) in [7, 11) is 0. The van der Waals surface area contributed by atoms with Gasteiger partial charge in [-0.2, -0.15) is 0 Å². The lowest BCUT2D eigenvalue weighted by Gasteiger charge is -2.35. The van der Waals surface area contributed by atoms with Crippen LogP contribution < -0.4 is 0 Å². The summed E-state index contributed by atoms with van der Waals surface area (Å²) in [6.07, 6.45) is 5.88. The molecule has 1 saturated heterocycles. The zero-order valence-corrected chi connectivity index (χ0v) is 16.0. The molecule has 142 valence electrons. The van der Waals surface area contributed by atoms with Crippen LogP contribution in [-0.2, 0) is 16.2 Å². The topological polar surface area (TPSA) is 72.6 Å². The first kappa shape index (κ1) is 18.0. The van der Waals surface area contributed by atoms with E-state index in [1.165, 1.54) is 0 Å². The maximum absolute atomic E-state index is 13.1. The second-order valence-electron chi connectivity index (χ2n) is 7.38. The van der Waals surface area contributed by atoms with E-state index in [9.17, 15) is 4.79 Å². The van der Waals surface area contributed by atoms with Crippen LogP contribution in [0.3, 0.4) is 0 Å². The van der Waals surface area contributed by atoms with E-state index < -0.39 is 5.60 Å². The van der Waals surface area contributed by atoms with Crippen molar-refractivity contribution in [3.8, 4) is 0 Å². The van der Waals surface area contributed by atoms with Crippen LogP contribution in [0.25, 0.3) is 0 Å². The molecular weight excluding hydrogens is 366 g/mol. The highest BCUT2D eigenvalue weighted by Gasteiger charge is 2.45. The van der Waals surface area contributed by atoms with Gasteiger partial charge in [-0.15, -0.1) is 5.10 Å². The van der Waals surface area contributed by atoms with Gasteiger partial charge < -0.3 is 9.74 Å². The molecule has 4 rings (SSSR count). The summed E-state index contributed by atoms with van der Waals surface area (Å²) >= 11 is 6.26. The molecule has 1 unspecified atom stereocenters. The molecule has 0 aliphatic carbocycles. The fourth-order valence-corrected chi connectivity index (χ4v) is 3.99. The average molecular weight is 388 g/mol. The van der Waals surface area contributed by atoms with E-state index in [0.29, 0.717) is 17.4 Å². The third-order valence-electron chi connectivity index (χ3n) is 5.32. The number of carbonyl (C=O) groups is 1. The molecule has 27 heavy (non-hydrogen) atoms. The van der Waals surface area contributed by atoms with Crippen LogP contribution >= 0.6 is 11.6 Å². The summed E-state index contributed by atoms with van der Waals surface area (Å²) in [6.45, 7) is 4.09. The van der Waals surface area contributed by atoms with Gasteiger partial charge in [0.1, 0.15) is 0 Å². The summed E-state index contributed by atoms with van der Waals surface area (Å²) in [5.74, 6) is 0.496. The Hall–Kier alpha value is -2.41. The van der Waals surface area contributed by atoms with Gasteiger partial charge in [-0.05, 0) is 31.7 Å². The van der Waals surface area contributed by atoms with Crippen LogP contribution in [0.15, 0.2) is 41.8 Å². The number of halogens is 1. The van der Waals surface area contributed by atoms with Crippen LogP contribution in [0, 0.1) is 5.92 Å². The van der Waals surface area contributed by atoms with Crippen LogP contribution in [-0.4, -0.2) is 50.2 Å². The second-order valence-corrected chi connectivity index (χ2v) is 7.78. The minimum absolute atomic E-state index is 0.00694. The molecule has 3 heterocycles. The van der Waals surface area contributed by atoms with Crippen molar-refractivity contribution in [2.75, 3.05) is 13.1 Å². The van der Waals surface area contributed by atoms with Gasteiger partial charge >= 0.3 is 0 Å². The Balaban J connectivity index is 1.36. The number of benzene rings is 1. The number of hydrogen-bond donors (Lipinski definition) is 0. The second kappa shape index (κ2) is 7.31. The minimum atomic E-state index is -0.965. The largest absolute Gasteiger partial charge is 0.379 e. The molecule has 1 amide bonds. The highest BCUT2D eigenvalue weighted by Crippen LogP contribution is 2.32. The summed E-state index contributed by atoms with van der Waals surface area (Å²) in [6, 6.07) is 7.49. The smallest absolute Gasteiger partial charge is 0.269 e. The Bertz CT molecular complexity index is 846. The minimum Gasteiger partial charge on any atom is -0.379 e. The Kier molecular flexibility index (Phi) is 4.86. The standard InChI is InChI=1S/C19H22ClN5O2/c1-19(12-17(22-27-19)15-4-2-3-5-16(15)20)18(26)24-9-6-14(7-10-24)13-25-11-8-21-23-25/h2-5,8,11,14H,6-7,9-10,12-13H2,1H3. The van der Waals surface area contributed by atoms with Gasteiger partial charge in [0.25, 0.3) is 5.91 Å². The quantitative estimate of drug-likeness (QED) is 0.808. The first-order chi connectivity index (χ1) is 13.0. The third kappa shape index (κ3) is 3.69. The van der Waals surface area contributed by atoms with Gasteiger partial charge in [0.05, 0.1) is 11.9 Å². The average Bonchev–Trinajstić information content (AvgIpc) is 3.33. The van der Waals surface area contributed by atoms with E-state index in [0.717, 1.165) is 43.8 Å². The highest BCUT2D eigenvalue weighted by atomic mass is 35.5. The Morgan fingerprint density at radius 3 is 2.81 bits per heavy atom. The lowest BCUT2D eigenvalue weighted by Crippen LogP contribution is -2.50. The number of nitrogens with zero attached hydrogens (tertiary/aromatic N) is 5. The normalized spacial score (nSPS) is 23.2. The molecule has 0 saturated carbocycles. The summed E-state index contributed by atoms with van der Waals surface area (Å²) < 4.78 is 1.85. The molecule has 2 aliphatic rings. The number of likely N-dealkylation sites (tertiary alicyclic amines) is 1. The van der Waals surface area contributed by atoms with E-state index >= 15 is 0 Å². The summed E-state index contributed by atoms with van der Waals surface area (Å²) in [5.41, 5.74) is 0.576. The van der Waals surface area contributed by atoms with E-state index in [1.807, 2.05) is 47.0 Å². The van der Waals surface area contributed by atoms with Gasteiger partial charge in [-0.25, -0.2) is 0 Å². The van der Waals surface area contributed by atoms with E-state index in [2.05, 4.69) is 15.5 Å². The van der Waals surface area contributed by atoms with Crippen molar-refractivity contribution in [2.24, 2.45) is 11.1 Å². The molecule has 0 N–H and O–H groups in total. The number of rotatable bonds is 4. The number of piperidine rings is 1. The van der Waals surface area contributed by atoms with Crippen molar-refractivity contribution < 1.29 is 9.63 Å². The molecule has 1 fully saturated rings. The molecule has 1 aromatic carbocycles. The summed E-state index contributed by atoms with van der Waals surface area (Å²) in [5, 5.41) is 12.6. The molecule has 0 spiro atoms. The van der Waals surface area contributed by atoms with Gasteiger partial charge in [0, 0.05) is 42.8 Å². The lowest BCUT2D eigenvalue weighted by atomic mass is 9.91. The SMILES string of the molecule is CC1(C(=O)N2CCC(Cn3ccnn3)CC2)CC(c2ccccc2Cl)=NO1. The van der Waals surface area contributed by atoms with Gasteiger partial charge in [-0.3, -0.25) is 9.48 Å². The maximum Gasteiger partial charge on any atom is 0.269 e. The fourth-order valence-electron chi connectivity index (χ4n) is 3.74. The van der Waals surface area contributed by atoms with Crippen molar-refractivity contribution in [3.63, 3.8) is 0 Å². The summed E-state index contributed by atoms with van der Waals surface area (Å²) in [4.78, 5) is 20.6. The first-order valence-electron chi connectivity index (χ1n) is 9.18. The van der Waals surface area contributed by atoms with Crippen LogP contribution in [0.2, 0.25) is 5.02 Å². The molecule has 2 aromatic rings. The zero-order chi connectivity index (χ0) is 18.9. The predicted octanol–water partition coefficient (Wildman–Crippen LogP) is 2.75. The Morgan fingerprint density at radius 2 is 2.11 bits per heavy atom. The van der Waals surface area contributed by atoms with Crippen molar-refractivity contribution in [1.82, 2.24) is 19.9 Å². The highest BCUT2D eigenvalue weighted by molar-refractivity contribution is 6.34. The van der Waals surface area contributed by atoms with Crippen molar-refractivity contribution >= 4 is 23.2 Å². The maximum atomic E-state index is 13.1. The van der Waals surface area contributed by atoms with Gasteiger partial charge in [-0.1, -0.05) is 40.2 Å². The molecule has 1 aromatic heterocycles. The van der Waals surface area contributed by atoms with Gasteiger partial charge in [0.15, 0.2) is 0 Å². The Morgan fingerprint density at radius 1 is 1.33 bits per heavy atom. The molecule has 8 heteroatoms. The third-order valence-corrected chi connectivity index (χ3v) is 5.65. The number of carbonyl (C=O) groups excluding carboxylic acids is 1. The fraction of sp³-hybridized carbons (Fsp3) is 0.474. The molecular formula is C19H22ClN5O2. The molecule has 0 bridgehead atoms. The van der Waals surface area contributed by atoms with Crippen LogP contribution in [0.4, 0.5) is 0 Å². The number of oxime groups is 1. The molecule has 7 nitrogen and oxygen atoms in total. The molecule has 2 aliphatic heterocycles. The Labute approximate surface area is 162 Å². The van der Waals surface area contributed by atoms with Crippen LogP contribution in [0.1, 0.15) is 31.7 Å². The van der Waals surface area contributed by atoms with Crippen molar-refractivity contribution in [3.05, 3.63) is 47.2 Å².